The molecule has 1 fully saturated rings. The van der Waals surface area contributed by atoms with E-state index in [1.165, 1.54) is 25.8 Å². The molecule has 0 atom stereocenters. The first-order valence-corrected chi connectivity index (χ1v) is 5.32. The Morgan fingerprint density at radius 1 is 0.923 bits per heavy atom. The third-order valence-electron chi connectivity index (χ3n) is 2.44. The van der Waals surface area contributed by atoms with E-state index in [-0.39, 0.29) is 0 Å². The van der Waals surface area contributed by atoms with Gasteiger partial charge in [-0.05, 0) is 20.5 Å². The van der Waals surface area contributed by atoms with Crippen LogP contribution in [0.1, 0.15) is 26.2 Å². The van der Waals surface area contributed by atoms with Gasteiger partial charge in [0.2, 0.25) is 0 Å². The minimum absolute atomic E-state index is 1.10. The Kier molecular flexibility index (Phi) is 4.70. The predicted octanol–water partition coefficient (Wildman–Crippen LogP) is 1.23. The Hall–Kier alpha value is -0.120. The van der Waals surface area contributed by atoms with Crippen LogP contribution in [0.5, 0.6) is 0 Å². The van der Waals surface area contributed by atoms with Gasteiger partial charge < -0.3 is 0 Å². The lowest BCUT2D eigenvalue weighted by Gasteiger charge is -2.38. The van der Waals surface area contributed by atoms with E-state index < -0.39 is 0 Å². The fourth-order valence-corrected chi connectivity index (χ4v) is 1.96. The topological polar surface area (TPSA) is 9.72 Å². The molecule has 0 spiro atoms. The van der Waals surface area contributed by atoms with Crippen LogP contribution in [-0.4, -0.2) is 55.3 Å². The van der Waals surface area contributed by atoms with E-state index >= 15 is 0 Å². The van der Waals surface area contributed by atoms with E-state index in [4.69, 9.17) is 0 Å². The first kappa shape index (κ1) is 11.0. The third-order valence-corrected chi connectivity index (χ3v) is 2.44. The second-order valence-electron chi connectivity index (χ2n) is 4.24. The highest BCUT2D eigenvalue weighted by Gasteiger charge is 2.16. The Morgan fingerprint density at radius 3 is 2.08 bits per heavy atom. The number of hydrogen-bond acceptors (Lipinski definition) is 3. The van der Waals surface area contributed by atoms with Crippen LogP contribution in [-0.2, 0) is 0 Å². The molecule has 0 aromatic carbocycles. The average molecular weight is 185 g/mol. The largest absolute Gasteiger partial charge is 0.280 e. The van der Waals surface area contributed by atoms with E-state index in [2.05, 4.69) is 35.7 Å². The van der Waals surface area contributed by atoms with Gasteiger partial charge in [-0.25, -0.2) is 0 Å². The van der Waals surface area contributed by atoms with Gasteiger partial charge in [-0.3, -0.25) is 14.7 Å². The van der Waals surface area contributed by atoms with Gasteiger partial charge in [0.15, 0.2) is 0 Å². The standard InChI is InChI=1S/C10H23N3/c1-4-5-6-7-13-9-11(2)8-12(3)10-13/h4-10H2,1-3H3. The Morgan fingerprint density at radius 2 is 1.54 bits per heavy atom. The van der Waals surface area contributed by atoms with Crippen LogP contribution in [0, 0.1) is 0 Å². The van der Waals surface area contributed by atoms with Crippen molar-refractivity contribution in [3.8, 4) is 0 Å². The zero-order chi connectivity index (χ0) is 9.68. The van der Waals surface area contributed by atoms with Crippen molar-refractivity contribution in [2.45, 2.75) is 26.2 Å². The van der Waals surface area contributed by atoms with Gasteiger partial charge in [0.25, 0.3) is 0 Å². The van der Waals surface area contributed by atoms with E-state index in [0.29, 0.717) is 0 Å². The van der Waals surface area contributed by atoms with Crippen molar-refractivity contribution in [2.24, 2.45) is 0 Å². The molecule has 0 aromatic rings. The average Bonchev–Trinajstić information content (AvgIpc) is 2.03. The molecule has 1 rings (SSSR count). The van der Waals surface area contributed by atoms with Gasteiger partial charge >= 0.3 is 0 Å². The summed E-state index contributed by atoms with van der Waals surface area (Å²) in [4.78, 5) is 7.23. The number of unbranched alkanes of at least 4 members (excludes halogenated alkanes) is 2. The molecule has 78 valence electrons. The van der Waals surface area contributed by atoms with E-state index in [1.54, 1.807) is 0 Å². The van der Waals surface area contributed by atoms with E-state index in [9.17, 15) is 0 Å². The van der Waals surface area contributed by atoms with Crippen molar-refractivity contribution in [1.29, 1.82) is 0 Å². The van der Waals surface area contributed by atoms with Gasteiger partial charge in [0, 0.05) is 6.54 Å². The summed E-state index contributed by atoms with van der Waals surface area (Å²) in [6, 6.07) is 0. The maximum atomic E-state index is 2.51. The molecule has 1 aliphatic rings. The van der Waals surface area contributed by atoms with Gasteiger partial charge in [-0.1, -0.05) is 19.8 Å². The molecular weight excluding hydrogens is 162 g/mol. The fraction of sp³-hybridized carbons (Fsp3) is 1.00. The summed E-state index contributed by atoms with van der Waals surface area (Å²) >= 11 is 0. The number of nitrogens with zero attached hydrogens (tertiary/aromatic N) is 3. The van der Waals surface area contributed by atoms with Crippen molar-refractivity contribution in [1.82, 2.24) is 14.7 Å². The van der Waals surface area contributed by atoms with Crippen LogP contribution in [0.25, 0.3) is 0 Å². The van der Waals surface area contributed by atoms with Crippen LogP contribution in [0.3, 0.4) is 0 Å². The summed E-state index contributed by atoms with van der Waals surface area (Å²) < 4.78 is 0. The van der Waals surface area contributed by atoms with Gasteiger partial charge in [0.05, 0.1) is 20.0 Å². The molecule has 0 aromatic heterocycles. The summed E-state index contributed by atoms with van der Waals surface area (Å²) in [6.07, 6.45) is 4.03. The molecule has 3 heteroatoms. The molecule has 0 amide bonds. The molecule has 0 unspecified atom stereocenters. The molecule has 0 saturated carbocycles. The highest BCUT2D eigenvalue weighted by Crippen LogP contribution is 2.05. The molecule has 3 nitrogen and oxygen atoms in total. The first-order chi connectivity index (χ1) is 6.22. The van der Waals surface area contributed by atoms with Crippen LogP contribution in [0.2, 0.25) is 0 Å². The molecule has 0 aliphatic carbocycles. The minimum atomic E-state index is 1.10. The van der Waals surface area contributed by atoms with Crippen LogP contribution in [0.4, 0.5) is 0 Å². The van der Waals surface area contributed by atoms with E-state index in [0.717, 1.165) is 20.0 Å². The molecular formula is C10H23N3. The summed E-state index contributed by atoms with van der Waals surface area (Å²) in [5, 5.41) is 0. The van der Waals surface area contributed by atoms with Crippen molar-refractivity contribution in [3.63, 3.8) is 0 Å². The van der Waals surface area contributed by atoms with Crippen LogP contribution < -0.4 is 0 Å². The maximum absolute atomic E-state index is 2.51. The zero-order valence-corrected chi connectivity index (χ0v) is 9.29. The third kappa shape index (κ3) is 4.07. The predicted molar refractivity (Wildman–Crippen MR) is 56.4 cm³/mol. The van der Waals surface area contributed by atoms with Gasteiger partial charge in [0.1, 0.15) is 0 Å². The summed E-state index contributed by atoms with van der Waals surface area (Å²) in [7, 11) is 4.37. The van der Waals surface area contributed by atoms with Gasteiger partial charge in [-0.2, -0.15) is 0 Å². The minimum Gasteiger partial charge on any atom is -0.280 e. The van der Waals surface area contributed by atoms with Crippen molar-refractivity contribution >= 4 is 0 Å². The Labute approximate surface area is 82.3 Å². The number of hydrogen-bond donors (Lipinski definition) is 0. The lowest BCUT2D eigenvalue weighted by molar-refractivity contribution is -0.00186. The lowest BCUT2D eigenvalue weighted by atomic mass is 10.2. The molecule has 13 heavy (non-hydrogen) atoms. The zero-order valence-electron chi connectivity index (χ0n) is 9.29. The molecule has 0 radical (unpaired) electrons. The molecule has 0 bridgehead atoms. The monoisotopic (exact) mass is 185 g/mol. The maximum Gasteiger partial charge on any atom is 0.0526 e. The summed E-state index contributed by atoms with van der Waals surface area (Å²) in [5.41, 5.74) is 0. The van der Waals surface area contributed by atoms with Crippen molar-refractivity contribution < 1.29 is 0 Å². The number of rotatable bonds is 4. The molecule has 0 N–H and O–H groups in total. The second-order valence-corrected chi connectivity index (χ2v) is 4.24. The summed E-state index contributed by atoms with van der Waals surface area (Å²) in [5.74, 6) is 0. The smallest absolute Gasteiger partial charge is 0.0526 e. The van der Waals surface area contributed by atoms with Crippen molar-refractivity contribution in [2.75, 3.05) is 40.6 Å². The second kappa shape index (κ2) is 5.58. The fourth-order valence-electron chi connectivity index (χ4n) is 1.96. The first-order valence-electron chi connectivity index (χ1n) is 5.32. The quantitative estimate of drug-likeness (QED) is 0.610. The summed E-state index contributed by atoms with van der Waals surface area (Å²) in [6.45, 7) is 6.88. The van der Waals surface area contributed by atoms with Crippen molar-refractivity contribution in [3.05, 3.63) is 0 Å². The highest BCUT2D eigenvalue weighted by atomic mass is 15.5. The van der Waals surface area contributed by atoms with E-state index in [1.807, 2.05) is 0 Å². The van der Waals surface area contributed by atoms with Gasteiger partial charge in [-0.15, -0.1) is 0 Å². The molecule has 1 aliphatic heterocycles. The lowest BCUT2D eigenvalue weighted by Crippen LogP contribution is -2.52. The molecule has 1 saturated heterocycles. The highest BCUT2D eigenvalue weighted by molar-refractivity contribution is 4.63. The van der Waals surface area contributed by atoms with Crippen LogP contribution >= 0.6 is 0 Å². The van der Waals surface area contributed by atoms with Crippen LogP contribution in [0.15, 0.2) is 0 Å². The normalized spacial score (nSPS) is 22.4. The Balaban J connectivity index is 2.17. The molecule has 1 heterocycles. The SMILES string of the molecule is CCCCCN1CN(C)CN(C)C1. The Bertz CT molecular complexity index is 128.